The number of carbonyl (C=O) groups excluding carboxylic acids is 2. The molecule has 0 aliphatic rings. The Kier molecular flexibility index (Phi) is 10.1. The Morgan fingerprint density at radius 3 is 2.32 bits per heavy atom. The number of amides is 2. The molecule has 2 amide bonds. The van der Waals surface area contributed by atoms with Crippen molar-refractivity contribution in [2.24, 2.45) is 0 Å². The highest BCUT2D eigenvalue weighted by atomic mass is 16.6. The molecule has 0 spiro atoms. The van der Waals surface area contributed by atoms with E-state index in [-0.39, 0.29) is 12.5 Å². The fourth-order valence-electron chi connectivity index (χ4n) is 2.38. The molecule has 0 saturated carbocycles. The number of hydrogen-bond acceptors (Lipinski definition) is 8. The van der Waals surface area contributed by atoms with Gasteiger partial charge in [0.1, 0.15) is 29.7 Å². The molecule has 1 aromatic rings. The molecule has 3 N–H and O–H groups in total. The van der Waals surface area contributed by atoms with Crippen LogP contribution in [0, 0.1) is 6.92 Å². The number of alkyl carbamates (subject to hydrolysis) is 1. The van der Waals surface area contributed by atoms with Crippen LogP contribution in [0.3, 0.4) is 0 Å². The Hall–Kier alpha value is -2.46. The number of aliphatic hydroxyl groups excluding tert-OH is 1. The zero-order valence-electron chi connectivity index (χ0n) is 19.5. The lowest BCUT2D eigenvalue weighted by atomic mass is 10.0. The number of hydrogen-bond donors (Lipinski definition) is 3. The molecule has 0 aliphatic heterocycles. The van der Waals surface area contributed by atoms with Gasteiger partial charge in [0.2, 0.25) is 0 Å². The van der Waals surface area contributed by atoms with E-state index in [0.29, 0.717) is 31.0 Å². The van der Waals surface area contributed by atoms with Gasteiger partial charge < -0.3 is 30.0 Å². The highest BCUT2D eigenvalue weighted by molar-refractivity contribution is 5.84. The van der Waals surface area contributed by atoms with Gasteiger partial charge in [-0.25, -0.2) is 14.8 Å². The van der Waals surface area contributed by atoms with Crippen LogP contribution in [0.15, 0.2) is 12.4 Å². The van der Waals surface area contributed by atoms with Crippen LogP contribution < -0.4 is 15.4 Å². The highest BCUT2D eigenvalue weighted by Gasteiger charge is 2.31. The Labute approximate surface area is 184 Å². The minimum atomic E-state index is -1.06. The summed E-state index contributed by atoms with van der Waals surface area (Å²) in [7, 11) is 1.44. The lowest BCUT2D eigenvalue weighted by molar-refractivity contribution is -0.141. The number of methoxy groups -OCH3 is 1. The molecule has 1 rings (SSSR count). The van der Waals surface area contributed by atoms with Crippen molar-refractivity contribution < 1.29 is 28.9 Å². The third-order valence-electron chi connectivity index (χ3n) is 4.38. The molecule has 0 aromatic carbocycles. The van der Waals surface area contributed by atoms with Crippen molar-refractivity contribution in [3.63, 3.8) is 0 Å². The zero-order valence-corrected chi connectivity index (χ0v) is 19.5. The maximum absolute atomic E-state index is 12.5. The molecule has 31 heavy (non-hydrogen) atoms. The van der Waals surface area contributed by atoms with Gasteiger partial charge in [-0.2, -0.15) is 0 Å². The second-order valence-corrected chi connectivity index (χ2v) is 8.71. The number of aromatic nitrogens is 2. The molecule has 0 radical (unpaired) electrons. The molecule has 0 bridgehead atoms. The summed E-state index contributed by atoms with van der Waals surface area (Å²) in [5.74, 6) is 0.661. The van der Waals surface area contributed by atoms with E-state index >= 15 is 0 Å². The number of aliphatic hydroxyl groups is 1. The van der Waals surface area contributed by atoms with Crippen LogP contribution in [0.1, 0.15) is 53.3 Å². The van der Waals surface area contributed by atoms with Crippen molar-refractivity contribution >= 4 is 12.0 Å². The molecule has 10 nitrogen and oxygen atoms in total. The number of nitrogens with one attached hydrogen (secondary N) is 2. The quantitative estimate of drug-likeness (QED) is 0.443. The van der Waals surface area contributed by atoms with Crippen LogP contribution in [0.2, 0.25) is 0 Å². The van der Waals surface area contributed by atoms with Gasteiger partial charge in [0.15, 0.2) is 5.75 Å². The fraction of sp³-hybridized carbons (Fsp3) is 0.714. The molecule has 176 valence electrons. The van der Waals surface area contributed by atoms with Crippen molar-refractivity contribution in [1.29, 1.82) is 0 Å². The van der Waals surface area contributed by atoms with Crippen molar-refractivity contribution in [2.45, 2.75) is 77.7 Å². The molecule has 0 saturated heterocycles. The standard InChI is InChI=1S/C21H36N4O6/c1-14-23-11-15(12-24-14)30-13-17(26)16(25-18(27)21(5,6)29-7)9-8-10-22-19(28)31-20(2,3)4/h11-12,16-17,26H,8-10,13H2,1-7H3,(H,22,28)(H,25,27). The third kappa shape index (κ3) is 10.4. The van der Waals surface area contributed by atoms with E-state index in [4.69, 9.17) is 14.2 Å². The van der Waals surface area contributed by atoms with E-state index < -0.39 is 29.4 Å². The molecule has 1 aromatic heterocycles. The van der Waals surface area contributed by atoms with Crippen LogP contribution in [0.5, 0.6) is 5.75 Å². The molecule has 2 unspecified atom stereocenters. The van der Waals surface area contributed by atoms with Crippen molar-refractivity contribution in [2.75, 3.05) is 20.3 Å². The van der Waals surface area contributed by atoms with Gasteiger partial charge in [0, 0.05) is 13.7 Å². The summed E-state index contributed by atoms with van der Waals surface area (Å²) in [4.78, 5) is 32.4. The Morgan fingerprint density at radius 1 is 1.16 bits per heavy atom. The molecular weight excluding hydrogens is 404 g/mol. The van der Waals surface area contributed by atoms with Crippen LogP contribution in [0.4, 0.5) is 4.79 Å². The summed E-state index contributed by atoms with van der Waals surface area (Å²) in [6.07, 6.45) is 2.41. The first-order valence-corrected chi connectivity index (χ1v) is 10.3. The van der Waals surface area contributed by atoms with Gasteiger partial charge in [-0.15, -0.1) is 0 Å². The second-order valence-electron chi connectivity index (χ2n) is 8.71. The minimum Gasteiger partial charge on any atom is -0.488 e. The fourth-order valence-corrected chi connectivity index (χ4v) is 2.38. The van der Waals surface area contributed by atoms with E-state index in [9.17, 15) is 14.7 Å². The van der Waals surface area contributed by atoms with E-state index in [1.807, 2.05) is 0 Å². The minimum absolute atomic E-state index is 0.0652. The molecular formula is C21H36N4O6. The number of aryl methyl sites for hydroxylation is 1. The van der Waals surface area contributed by atoms with Gasteiger partial charge in [0.05, 0.1) is 18.4 Å². The molecule has 0 aliphatic carbocycles. The topological polar surface area (TPSA) is 132 Å². The van der Waals surface area contributed by atoms with Gasteiger partial charge in [0.25, 0.3) is 5.91 Å². The average Bonchev–Trinajstić information content (AvgIpc) is 2.68. The van der Waals surface area contributed by atoms with Crippen LogP contribution >= 0.6 is 0 Å². The first-order chi connectivity index (χ1) is 14.3. The van der Waals surface area contributed by atoms with E-state index in [1.54, 1.807) is 41.5 Å². The first kappa shape index (κ1) is 26.6. The summed E-state index contributed by atoms with van der Waals surface area (Å²) in [5.41, 5.74) is -1.64. The van der Waals surface area contributed by atoms with Crippen molar-refractivity contribution in [3.05, 3.63) is 18.2 Å². The largest absolute Gasteiger partial charge is 0.488 e. The summed E-state index contributed by atoms with van der Waals surface area (Å²) in [6, 6.07) is -0.617. The van der Waals surface area contributed by atoms with Crippen LogP contribution in [0.25, 0.3) is 0 Å². The third-order valence-corrected chi connectivity index (χ3v) is 4.38. The lowest BCUT2D eigenvalue weighted by Crippen LogP contribution is -2.53. The molecule has 2 atom stereocenters. The number of ether oxygens (including phenoxy) is 3. The normalized spacial score (nSPS) is 13.8. The summed E-state index contributed by atoms with van der Waals surface area (Å²) in [6.45, 7) is 10.6. The maximum Gasteiger partial charge on any atom is 0.407 e. The monoisotopic (exact) mass is 440 g/mol. The van der Waals surface area contributed by atoms with Crippen molar-refractivity contribution in [1.82, 2.24) is 20.6 Å². The summed E-state index contributed by atoms with van der Waals surface area (Å²) in [5, 5.41) is 16.1. The molecule has 0 fully saturated rings. The van der Waals surface area contributed by atoms with Crippen LogP contribution in [-0.4, -0.2) is 70.7 Å². The SMILES string of the molecule is COC(C)(C)C(=O)NC(CCCNC(=O)OC(C)(C)C)C(O)COc1cnc(C)nc1. The second kappa shape index (κ2) is 11.8. The van der Waals surface area contributed by atoms with E-state index in [0.717, 1.165) is 0 Å². The predicted molar refractivity (Wildman–Crippen MR) is 115 cm³/mol. The van der Waals surface area contributed by atoms with Crippen molar-refractivity contribution in [3.8, 4) is 5.75 Å². The molecule has 1 heterocycles. The summed E-state index contributed by atoms with van der Waals surface area (Å²) < 4.78 is 16.0. The maximum atomic E-state index is 12.5. The Bertz CT molecular complexity index is 703. The van der Waals surface area contributed by atoms with E-state index in [1.165, 1.54) is 19.5 Å². The Morgan fingerprint density at radius 2 is 1.77 bits per heavy atom. The number of rotatable bonds is 11. The number of nitrogens with zero attached hydrogens (tertiary/aromatic N) is 2. The van der Waals surface area contributed by atoms with Crippen LogP contribution in [-0.2, 0) is 14.3 Å². The summed E-state index contributed by atoms with van der Waals surface area (Å²) >= 11 is 0. The van der Waals surface area contributed by atoms with Gasteiger partial charge >= 0.3 is 6.09 Å². The number of carbonyl (C=O) groups is 2. The van der Waals surface area contributed by atoms with Gasteiger partial charge in [-0.3, -0.25) is 4.79 Å². The first-order valence-electron chi connectivity index (χ1n) is 10.3. The smallest absolute Gasteiger partial charge is 0.407 e. The highest BCUT2D eigenvalue weighted by Crippen LogP contribution is 2.13. The van der Waals surface area contributed by atoms with Gasteiger partial charge in [-0.05, 0) is 54.4 Å². The lowest BCUT2D eigenvalue weighted by Gasteiger charge is -2.29. The van der Waals surface area contributed by atoms with E-state index in [2.05, 4.69) is 20.6 Å². The predicted octanol–water partition coefficient (Wildman–Crippen LogP) is 1.74. The van der Waals surface area contributed by atoms with Gasteiger partial charge in [-0.1, -0.05) is 0 Å². The Balaban J connectivity index is 2.66. The molecule has 10 heteroatoms. The zero-order chi connectivity index (χ0) is 23.7. The average molecular weight is 441 g/mol.